The summed E-state index contributed by atoms with van der Waals surface area (Å²) in [6.45, 7) is 0.327. The van der Waals surface area contributed by atoms with Crippen LogP contribution in [0.4, 0.5) is 8.78 Å². The highest BCUT2D eigenvalue weighted by molar-refractivity contribution is 7.15. The molecule has 0 aliphatic carbocycles. The normalized spacial score (nSPS) is 10.8. The van der Waals surface area contributed by atoms with Gasteiger partial charge in [-0.15, -0.1) is 11.3 Å². The summed E-state index contributed by atoms with van der Waals surface area (Å²) in [4.78, 5) is 28.8. The summed E-state index contributed by atoms with van der Waals surface area (Å²) in [5.74, 6) is -2.66. The van der Waals surface area contributed by atoms with E-state index < -0.39 is 17.5 Å². The van der Waals surface area contributed by atoms with Gasteiger partial charge in [-0.3, -0.25) is 14.0 Å². The van der Waals surface area contributed by atoms with Crippen LogP contribution in [0.25, 0.3) is 4.96 Å². The van der Waals surface area contributed by atoms with E-state index in [1.807, 2.05) is 22.2 Å². The first kappa shape index (κ1) is 17.0. The fraction of sp³-hybridized carbons (Fsp3) is 0.188. The Morgan fingerprint density at radius 1 is 1.24 bits per heavy atom. The number of fused-ring (bicyclic) bond motifs is 1. The van der Waals surface area contributed by atoms with Crippen molar-refractivity contribution in [3.8, 4) is 0 Å². The molecule has 25 heavy (non-hydrogen) atoms. The lowest BCUT2D eigenvalue weighted by molar-refractivity contribution is -0.121. The summed E-state index contributed by atoms with van der Waals surface area (Å²) < 4.78 is 28.1. The first-order chi connectivity index (χ1) is 12.0. The monoisotopic (exact) mass is 364 g/mol. The van der Waals surface area contributed by atoms with Crippen LogP contribution in [-0.4, -0.2) is 27.7 Å². The highest BCUT2D eigenvalue weighted by atomic mass is 32.1. The predicted octanol–water partition coefficient (Wildman–Crippen LogP) is 2.11. The van der Waals surface area contributed by atoms with Gasteiger partial charge in [-0.2, -0.15) is 0 Å². The molecule has 2 amide bonds. The van der Waals surface area contributed by atoms with Crippen LogP contribution in [0.15, 0.2) is 36.0 Å². The average Bonchev–Trinajstić information content (AvgIpc) is 3.14. The van der Waals surface area contributed by atoms with Crippen molar-refractivity contribution < 1.29 is 18.4 Å². The molecule has 2 heterocycles. The molecule has 2 N–H and O–H groups in total. The van der Waals surface area contributed by atoms with Crippen molar-refractivity contribution in [3.05, 3.63) is 58.9 Å². The number of amides is 2. The molecule has 3 rings (SSSR count). The maximum Gasteiger partial charge on any atom is 0.254 e. The molecule has 0 fully saturated rings. The second-order valence-corrected chi connectivity index (χ2v) is 6.10. The minimum atomic E-state index is -0.943. The largest absolute Gasteiger partial charge is 0.351 e. The van der Waals surface area contributed by atoms with Gasteiger partial charge in [0.15, 0.2) is 4.96 Å². The molecule has 0 aliphatic heterocycles. The Balaban J connectivity index is 1.42. The summed E-state index contributed by atoms with van der Waals surface area (Å²) in [6, 6.07) is 2.70. The topological polar surface area (TPSA) is 75.5 Å². The number of aromatic nitrogens is 2. The van der Waals surface area contributed by atoms with Crippen LogP contribution < -0.4 is 10.6 Å². The van der Waals surface area contributed by atoms with E-state index in [0.717, 1.165) is 22.8 Å². The van der Waals surface area contributed by atoms with E-state index >= 15 is 0 Å². The van der Waals surface area contributed by atoms with E-state index in [9.17, 15) is 18.4 Å². The lowest BCUT2D eigenvalue weighted by atomic mass is 10.2. The molecule has 1 aromatic carbocycles. The summed E-state index contributed by atoms with van der Waals surface area (Å²) in [7, 11) is 0. The zero-order chi connectivity index (χ0) is 17.8. The van der Waals surface area contributed by atoms with Gasteiger partial charge in [0.1, 0.15) is 11.6 Å². The minimum absolute atomic E-state index is 0.0385. The zero-order valence-corrected chi connectivity index (χ0v) is 13.8. The minimum Gasteiger partial charge on any atom is -0.351 e. The standard InChI is InChI=1S/C16H14F2N4O2S/c17-10-1-2-12(13(18)7-10)15(24)19-4-3-14(23)20-8-11-9-22-5-6-25-16(22)21-11/h1-2,5-7,9H,3-4,8H2,(H,19,24)(H,20,23). The zero-order valence-electron chi connectivity index (χ0n) is 13.0. The highest BCUT2D eigenvalue weighted by Crippen LogP contribution is 2.11. The molecule has 0 aliphatic rings. The fourth-order valence-electron chi connectivity index (χ4n) is 2.20. The molecule has 0 saturated carbocycles. The van der Waals surface area contributed by atoms with E-state index in [-0.39, 0.29) is 31.0 Å². The number of carbonyl (C=O) groups excluding carboxylic acids is 2. The smallest absolute Gasteiger partial charge is 0.254 e. The quantitative estimate of drug-likeness (QED) is 0.703. The van der Waals surface area contributed by atoms with Crippen LogP contribution in [0.5, 0.6) is 0 Å². The van der Waals surface area contributed by atoms with E-state index in [1.54, 1.807) is 0 Å². The van der Waals surface area contributed by atoms with Gasteiger partial charge >= 0.3 is 0 Å². The van der Waals surface area contributed by atoms with E-state index in [1.165, 1.54) is 11.3 Å². The molecule has 9 heteroatoms. The van der Waals surface area contributed by atoms with Crippen LogP contribution in [0.2, 0.25) is 0 Å². The van der Waals surface area contributed by atoms with Crippen molar-refractivity contribution in [3.63, 3.8) is 0 Å². The van der Waals surface area contributed by atoms with Crippen LogP contribution in [0.3, 0.4) is 0 Å². The predicted molar refractivity (Wildman–Crippen MR) is 88.2 cm³/mol. The van der Waals surface area contributed by atoms with Gasteiger partial charge in [-0.1, -0.05) is 0 Å². The molecule has 3 aromatic rings. The maximum absolute atomic E-state index is 13.5. The Kier molecular flexibility index (Phi) is 5.03. The molecular weight excluding hydrogens is 350 g/mol. The third kappa shape index (κ3) is 4.18. The summed E-state index contributed by atoms with van der Waals surface area (Å²) in [5.41, 5.74) is 0.470. The number of halogens is 2. The third-order valence-electron chi connectivity index (χ3n) is 3.42. The van der Waals surface area contributed by atoms with Gasteiger partial charge in [0.2, 0.25) is 5.91 Å². The molecule has 2 aromatic heterocycles. The van der Waals surface area contributed by atoms with Crippen molar-refractivity contribution in [2.24, 2.45) is 0 Å². The van der Waals surface area contributed by atoms with Gasteiger partial charge in [0.25, 0.3) is 5.91 Å². The molecule has 0 bridgehead atoms. The number of nitrogens with one attached hydrogen (secondary N) is 2. The van der Waals surface area contributed by atoms with Gasteiger partial charge in [0, 0.05) is 36.8 Å². The highest BCUT2D eigenvalue weighted by Gasteiger charge is 2.12. The lowest BCUT2D eigenvalue weighted by Gasteiger charge is -2.06. The summed E-state index contributed by atoms with van der Waals surface area (Å²) in [5, 5.41) is 7.04. The van der Waals surface area contributed by atoms with E-state index in [2.05, 4.69) is 15.6 Å². The molecule has 130 valence electrons. The Morgan fingerprint density at radius 2 is 2.08 bits per heavy atom. The van der Waals surface area contributed by atoms with Gasteiger partial charge in [0.05, 0.1) is 17.8 Å². The van der Waals surface area contributed by atoms with Crippen molar-refractivity contribution in [1.82, 2.24) is 20.0 Å². The molecular formula is C16H14F2N4O2S. The third-order valence-corrected chi connectivity index (χ3v) is 4.19. The number of thiazole rings is 1. The second-order valence-electron chi connectivity index (χ2n) is 5.23. The van der Waals surface area contributed by atoms with Gasteiger partial charge < -0.3 is 10.6 Å². The van der Waals surface area contributed by atoms with E-state index in [4.69, 9.17) is 0 Å². The molecule has 6 nitrogen and oxygen atoms in total. The second kappa shape index (κ2) is 7.39. The Hall–Kier alpha value is -2.81. The van der Waals surface area contributed by atoms with Crippen LogP contribution >= 0.6 is 11.3 Å². The fourth-order valence-corrected chi connectivity index (χ4v) is 2.92. The number of rotatable bonds is 6. The molecule has 0 radical (unpaired) electrons. The Morgan fingerprint density at radius 3 is 2.84 bits per heavy atom. The van der Waals surface area contributed by atoms with Gasteiger partial charge in [-0.25, -0.2) is 13.8 Å². The number of carbonyl (C=O) groups is 2. The van der Waals surface area contributed by atoms with E-state index in [0.29, 0.717) is 6.07 Å². The van der Waals surface area contributed by atoms with Gasteiger partial charge in [-0.05, 0) is 12.1 Å². The lowest BCUT2D eigenvalue weighted by Crippen LogP contribution is -2.31. The van der Waals surface area contributed by atoms with Crippen LogP contribution in [0, 0.1) is 11.6 Å². The summed E-state index contributed by atoms with van der Waals surface area (Å²) in [6.07, 6.45) is 3.74. The van der Waals surface area contributed by atoms with Crippen molar-refractivity contribution in [2.75, 3.05) is 6.54 Å². The molecule has 0 saturated heterocycles. The Bertz CT molecular complexity index is 893. The molecule has 0 atom stereocenters. The number of imidazole rings is 1. The number of hydrogen-bond acceptors (Lipinski definition) is 4. The average molecular weight is 364 g/mol. The van der Waals surface area contributed by atoms with Crippen LogP contribution in [-0.2, 0) is 11.3 Å². The van der Waals surface area contributed by atoms with Crippen molar-refractivity contribution >= 4 is 28.1 Å². The summed E-state index contributed by atoms with van der Waals surface area (Å²) >= 11 is 1.50. The Labute approximate surface area is 145 Å². The first-order valence-electron chi connectivity index (χ1n) is 7.44. The number of hydrogen-bond donors (Lipinski definition) is 2. The van der Waals surface area contributed by atoms with Crippen molar-refractivity contribution in [1.29, 1.82) is 0 Å². The number of nitrogens with zero attached hydrogens (tertiary/aromatic N) is 2. The van der Waals surface area contributed by atoms with Crippen LogP contribution in [0.1, 0.15) is 22.5 Å². The SMILES string of the molecule is O=C(CCNC(=O)c1ccc(F)cc1F)NCc1cn2ccsc2n1. The maximum atomic E-state index is 13.5. The first-order valence-corrected chi connectivity index (χ1v) is 8.32. The van der Waals surface area contributed by atoms with Crippen molar-refractivity contribution in [2.45, 2.75) is 13.0 Å². The number of benzene rings is 1. The molecule has 0 unspecified atom stereocenters. The molecule has 0 spiro atoms.